The van der Waals surface area contributed by atoms with Gasteiger partial charge in [-0.1, -0.05) is 6.92 Å². The van der Waals surface area contributed by atoms with Crippen LogP contribution >= 0.6 is 11.3 Å². The third-order valence-electron chi connectivity index (χ3n) is 3.48. The summed E-state index contributed by atoms with van der Waals surface area (Å²) in [5.41, 5.74) is 0. The van der Waals surface area contributed by atoms with Crippen molar-refractivity contribution in [3.63, 3.8) is 0 Å². The molecule has 0 radical (unpaired) electrons. The van der Waals surface area contributed by atoms with E-state index < -0.39 is 0 Å². The first-order chi connectivity index (χ1) is 7.72. The molecule has 3 heteroatoms. The molecule has 2 heterocycles. The molecule has 1 aliphatic rings. The van der Waals surface area contributed by atoms with E-state index >= 15 is 0 Å². The third-order valence-corrected chi connectivity index (χ3v) is 4.55. The van der Waals surface area contributed by atoms with Crippen LogP contribution in [0.25, 0.3) is 0 Å². The Balaban J connectivity index is 2.09. The largest absolute Gasteiger partial charge is 0.317 e. The van der Waals surface area contributed by atoms with E-state index in [1.165, 1.54) is 17.8 Å². The van der Waals surface area contributed by atoms with Gasteiger partial charge in [-0.3, -0.25) is 4.90 Å². The Kier molecular flexibility index (Phi) is 4.00. The van der Waals surface area contributed by atoms with Crippen LogP contribution in [0.15, 0.2) is 12.1 Å². The van der Waals surface area contributed by atoms with Gasteiger partial charge in [-0.05, 0) is 58.1 Å². The molecule has 1 N–H and O–H groups in total. The van der Waals surface area contributed by atoms with Gasteiger partial charge in [0.1, 0.15) is 0 Å². The van der Waals surface area contributed by atoms with Crippen LogP contribution in [0.2, 0.25) is 0 Å². The second-order valence-electron chi connectivity index (χ2n) is 4.73. The molecule has 1 aromatic rings. The number of likely N-dealkylation sites (tertiary alicyclic amines) is 1. The van der Waals surface area contributed by atoms with E-state index in [1.54, 1.807) is 4.88 Å². The first-order valence-corrected chi connectivity index (χ1v) is 7.01. The molecule has 0 aliphatic carbocycles. The zero-order valence-electron chi connectivity index (χ0n) is 10.5. The van der Waals surface area contributed by atoms with Crippen LogP contribution in [-0.2, 0) is 0 Å². The Morgan fingerprint density at radius 3 is 2.94 bits per heavy atom. The Morgan fingerprint density at radius 2 is 2.31 bits per heavy atom. The lowest BCUT2D eigenvalue weighted by Gasteiger charge is -2.24. The van der Waals surface area contributed by atoms with E-state index in [9.17, 15) is 0 Å². The summed E-state index contributed by atoms with van der Waals surface area (Å²) in [5, 5.41) is 3.50. The highest BCUT2D eigenvalue weighted by molar-refractivity contribution is 7.12. The maximum atomic E-state index is 3.50. The van der Waals surface area contributed by atoms with Crippen molar-refractivity contribution in [1.29, 1.82) is 0 Å². The minimum Gasteiger partial charge on any atom is -0.317 e. The normalized spacial score (nSPS) is 26.4. The molecule has 0 bridgehead atoms. The molecule has 2 nitrogen and oxygen atoms in total. The van der Waals surface area contributed by atoms with Gasteiger partial charge in [0.25, 0.3) is 0 Å². The molecule has 2 atom stereocenters. The second-order valence-corrected chi connectivity index (χ2v) is 6.05. The fraction of sp³-hybridized carbons (Fsp3) is 0.692. The first kappa shape index (κ1) is 12.1. The molecule has 1 fully saturated rings. The van der Waals surface area contributed by atoms with Gasteiger partial charge in [0, 0.05) is 15.8 Å². The molecule has 2 unspecified atom stereocenters. The molecule has 1 saturated heterocycles. The Morgan fingerprint density at radius 1 is 1.50 bits per heavy atom. The van der Waals surface area contributed by atoms with Crippen LogP contribution in [0.3, 0.4) is 0 Å². The zero-order valence-corrected chi connectivity index (χ0v) is 11.3. The quantitative estimate of drug-likeness (QED) is 0.867. The van der Waals surface area contributed by atoms with Crippen molar-refractivity contribution in [3.8, 4) is 0 Å². The van der Waals surface area contributed by atoms with Gasteiger partial charge in [0.15, 0.2) is 0 Å². The molecule has 16 heavy (non-hydrogen) atoms. The predicted molar refractivity (Wildman–Crippen MR) is 71.1 cm³/mol. The molecule has 90 valence electrons. The number of nitrogens with zero attached hydrogens (tertiary/aromatic N) is 1. The fourth-order valence-electron chi connectivity index (χ4n) is 2.63. The van der Waals surface area contributed by atoms with Crippen LogP contribution in [-0.4, -0.2) is 31.6 Å². The average molecular weight is 238 g/mol. The monoisotopic (exact) mass is 238 g/mol. The summed E-state index contributed by atoms with van der Waals surface area (Å²) in [4.78, 5) is 5.48. The summed E-state index contributed by atoms with van der Waals surface area (Å²) in [6, 6.07) is 5.19. The summed E-state index contributed by atoms with van der Waals surface area (Å²) in [6.07, 6.45) is 1.32. The number of aryl methyl sites for hydroxylation is 1. The minimum absolute atomic E-state index is 0.637. The van der Waals surface area contributed by atoms with Gasteiger partial charge in [0.2, 0.25) is 0 Å². The summed E-state index contributed by atoms with van der Waals surface area (Å²) in [5.74, 6) is 0.781. The third kappa shape index (κ3) is 2.47. The van der Waals surface area contributed by atoms with Gasteiger partial charge in [-0.15, -0.1) is 11.3 Å². The molecule has 0 spiro atoms. The van der Waals surface area contributed by atoms with Crippen molar-refractivity contribution >= 4 is 11.3 Å². The highest BCUT2D eigenvalue weighted by atomic mass is 32.1. The molecular formula is C13H22N2S. The maximum Gasteiger partial charge on any atom is 0.0479 e. The molecule has 0 amide bonds. The molecular weight excluding hydrogens is 216 g/mol. The second kappa shape index (κ2) is 5.30. The predicted octanol–water partition coefficient (Wildman–Crippen LogP) is 2.66. The number of rotatable bonds is 4. The zero-order chi connectivity index (χ0) is 11.5. The summed E-state index contributed by atoms with van der Waals surface area (Å²) in [7, 11) is 2.26. The Labute approximate surface area is 103 Å². The lowest BCUT2D eigenvalue weighted by Crippen LogP contribution is -2.27. The van der Waals surface area contributed by atoms with Crippen LogP contribution in [0.5, 0.6) is 0 Å². The standard InChI is InChI=1S/C13H22N2S/c1-4-14-9-11-7-8-15(3)13(11)12-6-5-10(2)16-12/h5-6,11,13-14H,4,7-9H2,1-3H3. The van der Waals surface area contributed by atoms with E-state index in [0.717, 1.165) is 19.0 Å². The average Bonchev–Trinajstić information content (AvgIpc) is 2.82. The summed E-state index contributed by atoms with van der Waals surface area (Å²) >= 11 is 1.96. The van der Waals surface area contributed by atoms with Crippen LogP contribution < -0.4 is 5.32 Å². The Hall–Kier alpha value is -0.380. The minimum atomic E-state index is 0.637. The van der Waals surface area contributed by atoms with E-state index in [0.29, 0.717) is 6.04 Å². The summed E-state index contributed by atoms with van der Waals surface area (Å²) in [6.45, 7) is 7.85. The van der Waals surface area contributed by atoms with Crippen LogP contribution in [0.4, 0.5) is 0 Å². The van der Waals surface area contributed by atoms with Crippen LogP contribution in [0.1, 0.15) is 29.1 Å². The molecule has 1 aliphatic heterocycles. The van der Waals surface area contributed by atoms with Crippen LogP contribution in [0, 0.1) is 12.8 Å². The number of nitrogens with one attached hydrogen (secondary N) is 1. The highest BCUT2D eigenvalue weighted by Crippen LogP contribution is 2.38. The van der Waals surface area contributed by atoms with Gasteiger partial charge < -0.3 is 5.32 Å². The number of hydrogen-bond acceptors (Lipinski definition) is 3. The number of thiophene rings is 1. The van der Waals surface area contributed by atoms with Crippen molar-refractivity contribution in [3.05, 3.63) is 21.9 Å². The number of hydrogen-bond donors (Lipinski definition) is 1. The lowest BCUT2D eigenvalue weighted by molar-refractivity contribution is 0.277. The van der Waals surface area contributed by atoms with Crippen molar-refractivity contribution in [1.82, 2.24) is 10.2 Å². The first-order valence-electron chi connectivity index (χ1n) is 6.19. The topological polar surface area (TPSA) is 15.3 Å². The highest BCUT2D eigenvalue weighted by Gasteiger charge is 2.33. The van der Waals surface area contributed by atoms with E-state index in [1.807, 2.05) is 11.3 Å². The smallest absolute Gasteiger partial charge is 0.0479 e. The van der Waals surface area contributed by atoms with Crippen molar-refractivity contribution in [2.24, 2.45) is 5.92 Å². The van der Waals surface area contributed by atoms with Crippen molar-refractivity contribution in [2.45, 2.75) is 26.3 Å². The van der Waals surface area contributed by atoms with E-state index in [-0.39, 0.29) is 0 Å². The van der Waals surface area contributed by atoms with Gasteiger partial charge >= 0.3 is 0 Å². The van der Waals surface area contributed by atoms with Gasteiger partial charge in [0.05, 0.1) is 0 Å². The van der Waals surface area contributed by atoms with Crippen molar-refractivity contribution in [2.75, 3.05) is 26.7 Å². The molecule has 2 rings (SSSR count). The van der Waals surface area contributed by atoms with Gasteiger partial charge in [-0.2, -0.15) is 0 Å². The van der Waals surface area contributed by atoms with Crippen molar-refractivity contribution < 1.29 is 0 Å². The SMILES string of the molecule is CCNCC1CCN(C)C1c1ccc(C)s1. The molecule has 1 aromatic heterocycles. The van der Waals surface area contributed by atoms with E-state index in [4.69, 9.17) is 0 Å². The molecule has 0 saturated carbocycles. The summed E-state index contributed by atoms with van der Waals surface area (Å²) < 4.78 is 0. The van der Waals surface area contributed by atoms with Gasteiger partial charge in [-0.25, -0.2) is 0 Å². The molecule has 0 aromatic carbocycles. The Bertz CT molecular complexity index is 334. The fourth-order valence-corrected chi connectivity index (χ4v) is 3.77. The van der Waals surface area contributed by atoms with E-state index in [2.05, 4.69) is 43.2 Å². The lowest BCUT2D eigenvalue weighted by atomic mass is 9.99. The maximum absolute atomic E-state index is 3.50.